The Morgan fingerprint density at radius 1 is 1.29 bits per heavy atom. The van der Waals surface area contributed by atoms with E-state index in [1.807, 2.05) is 13.0 Å². The number of esters is 1. The smallest absolute Gasteiger partial charge is 0.303 e. The largest absolute Gasteiger partial charge is 0.458 e. The second kappa shape index (κ2) is 8.00. The summed E-state index contributed by atoms with van der Waals surface area (Å²) in [6.07, 6.45) is 6.71. The molecule has 2 N–H and O–H groups in total. The van der Waals surface area contributed by atoms with E-state index < -0.39 is 40.9 Å². The van der Waals surface area contributed by atoms with Crippen molar-refractivity contribution in [1.82, 2.24) is 0 Å². The summed E-state index contributed by atoms with van der Waals surface area (Å²) in [5, 5.41) is 22.9. The monoisotopic (exact) mass is 480 g/mol. The SMILES string of the molecule is CC(=O)OCC(=O)[C@@]1(O)CC[C@H]2[C@@H]3C[C@H](C)C4=CC(=O)C=C[C@]4(C)[C@H]3[C@@H](O)C[C@@]21C.[Zn]. The summed E-state index contributed by atoms with van der Waals surface area (Å²) in [6.45, 7) is 6.94. The van der Waals surface area contributed by atoms with Crippen molar-refractivity contribution in [3.8, 4) is 0 Å². The summed E-state index contributed by atoms with van der Waals surface area (Å²) in [6, 6.07) is 0. The zero-order valence-electron chi connectivity index (χ0n) is 18.9. The average molecular weight is 482 g/mol. The Hall–Kier alpha value is -1.17. The van der Waals surface area contributed by atoms with Crippen LogP contribution in [0.15, 0.2) is 23.8 Å². The number of hydrogen-bond donors (Lipinski definition) is 2. The molecule has 3 fully saturated rings. The number of rotatable bonds is 3. The maximum absolute atomic E-state index is 12.9. The van der Waals surface area contributed by atoms with Gasteiger partial charge in [-0.25, -0.2) is 0 Å². The molecule has 3 saturated carbocycles. The fourth-order valence-electron chi connectivity index (χ4n) is 7.50. The first-order valence-corrected chi connectivity index (χ1v) is 11.0. The second-order valence-corrected chi connectivity index (χ2v) is 10.3. The molecule has 0 aromatic rings. The van der Waals surface area contributed by atoms with Crippen LogP contribution in [0, 0.1) is 34.5 Å². The molecule has 7 heteroatoms. The number of aliphatic hydroxyl groups is 2. The van der Waals surface area contributed by atoms with Gasteiger partial charge < -0.3 is 14.9 Å². The minimum atomic E-state index is -1.61. The van der Waals surface area contributed by atoms with Crippen LogP contribution in [0.4, 0.5) is 0 Å². The van der Waals surface area contributed by atoms with Crippen molar-refractivity contribution < 1.29 is 48.8 Å². The summed E-state index contributed by atoms with van der Waals surface area (Å²) in [7, 11) is 0. The summed E-state index contributed by atoms with van der Waals surface area (Å²) in [5.74, 6) is -0.712. The van der Waals surface area contributed by atoms with E-state index in [9.17, 15) is 24.6 Å². The van der Waals surface area contributed by atoms with E-state index in [1.165, 1.54) is 6.92 Å². The first kappa shape index (κ1) is 24.5. The Balaban J connectivity index is 0.00000272. The predicted molar refractivity (Wildman–Crippen MR) is 109 cm³/mol. The summed E-state index contributed by atoms with van der Waals surface area (Å²) < 4.78 is 4.89. The van der Waals surface area contributed by atoms with Gasteiger partial charge in [0.2, 0.25) is 5.78 Å². The van der Waals surface area contributed by atoms with E-state index in [1.54, 1.807) is 12.2 Å². The van der Waals surface area contributed by atoms with Crippen LogP contribution in [0.2, 0.25) is 0 Å². The van der Waals surface area contributed by atoms with Gasteiger partial charge in [0.1, 0.15) is 5.60 Å². The molecule has 0 saturated heterocycles. The Morgan fingerprint density at radius 2 is 1.97 bits per heavy atom. The molecular weight excluding hydrogens is 450 g/mol. The Labute approximate surface area is 196 Å². The number of allylic oxidation sites excluding steroid dienone is 4. The van der Waals surface area contributed by atoms with Crippen molar-refractivity contribution in [3.63, 3.8) is 0 Å². The molecule has 0 radical (unpaired) electrons. The van der Waals surface area contributed by atoms with Crippen molar-refractivity contribution in [2.24, 2.45) is 34.5 Å². The number of fused-ring (bicyclic) bond motifs is 5. The fourth-order valence-corrected chi connectivity index (χ4v) is 7.50. The standard InChI is InChI=1S/C24H32O6.Zn/c1-13-9-16-17-6-8-24(29,20(28)12-30-14(2)25)23(17,4)11-19(27)21(16)22(3)7-5-15(26)10-18(13)22;/h5,7,10,13,16-17,19,21,27,29H,6,8-9,11-12H2,1-4H3;/t13-,16-,17-,19-,21+,22-,23-,24-;/m0./s1. The molecule has 4 rings (SSSR count). The maximum Gasteiger partial charge on any atom is 0.303 e. The molecule has 6 nitrogen and oxygen atoms in total. The number of aliphatic hydroxyl groups excluding tert-OH is 1. The first-order valence-electron chi connectivity index (χ1n) is 11.0. The van der Waals surface area contributed by atoms with Crippen LogP contribution in [0.3, 0.4) is 0 Å². The number of carbonyl (C=O) groups is 3. The van der Waals surface area contributed by atoms with Crippen LogP contribution >= 0.6 is 0 Å². The zero-order valence-corrected chi connectivity index (χ0v) is 21.9. The number of carbonyl (C=O) groups excluding carboxylic acids is 3. The number of Topliss-reactive ketones (excluding diaryl/α,β-unsaturated/α-hetero) is 1. The van der Waals surface area contributed by atoms with Crippen molar-refractivity contribution in [2.45, 2.75) is 65.1 Å². The Morgan fingerprint density at radius 3 is 2.61 bits per heavy atom. The normalized spacial score (nSPS) is 45.5. The molecule has 0 aliphatic heterocycles. The van der Waals surface area contributed by atoms with Crippen LogP contribution < -0.4 is 0 Å². The predicted octanol–water partition coefficient (Wildman–Crippen LogP) is 2.37. The third-order valence-corrected chi connectivity index (χ3v) is 8.84. The van der Waals surface area contributed by atoms with Gasteiger partial charge in [-0.05, 0) is 55.6 Å². The van der Waals surface area contributed by atoms with Gasteiger partial charge in [-0.15, -0.1) is 0 Å². The molecule has 0 heterocycles. The van der Waals surface area contributed by atoms with Gasteiger partial charge in [0.25, 0.3) is 0 Å². The van der Waals surface area contributed by atoms with Gasteiger partial charge >= 0.3 is 5.97 Å². The molecule has 0 amide bonds. The third-order valence-electron chi connectivity index (χ3n) is 8.84. The van der Waals surface area contributed by atoms with Crippen LogP contribution in [0.25, 0.3) is 0 Å². The Bertz CT molecular complexity index is 864. The molecule has 0 aromatic heterocycles. The molecule has 166 valence electrons. The van der Waals surface area contributed by atoms with Gasteiger partial charge in [0, 0.05) is 43.1 Å². The average Bonchev–Trinajstić information content (AvgIpc) is 2.93. The molecule has 0 spiro atoms. The van der Waals surface area contributed by atoms with E-state index in [4.69, 9.17) is 4.74 Å². The first-order chi connectivity index (χ1) is 13.9. The van der Waals surface area contributed by atoms with E-state index in [0.29, 0.717) is 19.3 Å². The van der Waals surface area contributed by atoms with Crippen LogP contribution in [0.1, 0.15) is 53.4 Å². The number of ether oxygens (including phenoxy) is 1. The minimum absolute atomic E-state index is 0. The van der Waals surface area contributed by atoms with Gasteiger partial charge in [-0.2, -0.15) is 0 Å². The van der Waals surface area contributed by atoms with Gasteiger partial charge in [0.15, 0.2) is 12.4 Å². The van der Waals surface area contributed by atoms with Gasteiger partial charge in [-0.1, -0.05) is 32.4 Å². The van der Waals surface area contributed by atoms with Crippen molar-refractivity contribution in [2.75, 3.05) is 6.61 Å². The van der Waals surface area contributed by atoms with Crippen molar-refractivity contribution >= 4 is 17.5 Å². The van der Waals surface area contributed by atoms with Crippen molar-refractivity contribution in [3.05, 3.63) is 23.8 Å². The molecule has 0 aromatic carbocycles. The van der Waals surface area contributed by atoms with Crippen LogP contribution in [-0.4, -0.2) is 46.1 Å². The fraction of sp³-hybridized carbons (Fsp3) is 0.708. The molecule has 4 aliphatic carbocycles. The summed E-state index contributed by atoms with van der Waals surface area (Å²) in [5.41, 5.74) is -1.72. The third kappa shape index (κ3) is 3.43. The van der Waals surface area contributed by atoms with Gasteiger partial charge in [0.05, 0.1) is 6.10 Å². The quantitative estimate of drug-likeness (QED) is 0.474. The summed E-state index contributed by atoms with van der Waals surface area (Å²) >= 11 is 0. The zero-order chi connectivity index (χ0) is 22.1. The van der Waals surface area contributed by atoms with E-state index >= 15 is 0 Å². The molecule has 8 atom stereocenters. The van der Waals surface area contributed by atoms with E-state index in [2.05, 4.69) is 13.8 Å². The maximum atomic E-state index is 12.9. The van der Waals surface area contributed by atoms with E-state index in [-0.39, 0.29) is 48.9 Å². The van der Waals surface area contributed by atoms with Gasteiger partial charge in [-0.3, -0.25) is 14.4 Å². The molecule has 4 aliphatic rings. The summed E-state index contributed by atoms with van der Waals surface area (Å²) in [4.78, 5) is 36.1. The topological polar surface area (TPSA) is 101 Å². The second-order valence-electron chi connectivity index (χ2n) is 10.3. The number of ketones is 2. The Kier molecular flexibility index (Phi) is 6.32. The van der Waals surface area contributed by atoms with Crippen LogP contribution in [0.5, 0.6) is 0 Å². The van der Waals surface area contributed by atoms with Crippen LogP contribution in [-0.2, 0) is 38.6 Å². The minimum Gasteiger partial charge on any atom is -0.458 e. The van der Waals surface area contributed by atoms with Crippen molar-refractivity contribution in [1.29, 1.82) is 0 Å². The molecule has 0 unspecified atom stereocenters. The number of hydrogen-bond acceptors (Lipinski definition) is 6. The molecule has 31 heavy (non-hydrogen) atoms. The molecular formula is C24H32O6Zn. The van der Waals surface area contributed by atoms with E-state index in [0.717, 1.165) is 12.0 Å². The molecule has 0 bridgehead atoms.